The van der Waals surface area contributed by atoms with E-state index < -0.39 is 15.6 Å². The first kappa shape index (κ1) is 12.5. The molecular formula is C12H17NO3S. The van der Waals surface area contributed by atoms with Crippen LogP contribution >= 0.6 is 0 Å². The van der Waals surface area contributed by atoms with Gasteiger partial charge in [0.25, 0.3) is 0 Å². The highest BCUT2D eigenvalue weighted by atomic mass is 32.2. The molecule has 0 unspecified atom stereocenters. The molecule has 17 heavy (non-hydrogen) atoms. The van der Waals surface area contributed by atoms with Gasteiger partial charge in [-0.1, -0.05) is 30.3 Å². The fourth-order valence-corrected chi connectivity index (χ4v) is 3.76. The van der Waals surface area contributed by atoms with Gasteiger partial charge in [0, 0.05) is 0 Å². The van der Waals surface area contributed by atoms with Crippen LogP contribution in [-0.4, -0.2) is 31.6 Å². The van der Waals surface area contributed by atoms with Gasteiger partial charge in [-0.15, -0.1) is 0 Å². The number of nitrogens with zero attached hydrogens (tertiary/aromatic N) is 1. The van der Waals surface area contributed by atoms with Crippen LogP contribution in [0.25, 0.3) is 0 Å². The van der Waals surface area contributed by atoms with Crippen LogP contribution in [0, 0.1) is 0 Å². The second kappa shape index (κ2) is 4.40. The van der Waals surface area contributed by atoms with Crippen molar-refractivity contribution >= 4 is 10.0 Å². The van der Waals surface area contributed by atoms with E-state index in [2.05, 4.69) is 0 Å². The molecule has 1 heterocycles. The Bertz CT molecular complexity index is 482. The quantitative estimate of drug-likeness (QED) is 0.824. The highest BCUT2D eigenvalue weighted by molar-refractivity contribution is 7.88. The highest BCUT2D eigenvalue weighted by Crippen LogP contribution is 2.26. The maximum atomic E-state index is 12.3. The first-order valence-corrected chi connectivity index (χ1v) is 7.15. The van der Waals surface area contributed by atoms with Crippen molar-refractivity contribution in [2.75, 3.05) is 13.3 Å². The molecule has 1 aliphatic heterocycles. The SMILES string of the molecule is CC1(C)COCN1S(=O)(=O)Cc1ccccc1. The average molecular weight is 255 g/mol. The Balaban J connectivity index is 2.20. The van der Waals surface area contributed by atoms with Gasteiger partial charge in [-0.3, -0.25) is 0 Å². The lowest BCUT2D eigenvalue weighted by molar-refractivity contribution is 0.171. The maximum absolute atomic E-state index is 12.3. The molecule has 1 aromatic rings. The third-order valence-electron chi connectivity index (χ3n) is 2.87. The summed E-state index contributed by atoms with van der Waals surface area (Å²) in [5.74, 6) is 0.0284. The van der Waals surface area contributed by atoms with Gasteiger partial charge in [-0.25, -0.2) is 8.42 Å². The van der Waals surface area contributed by atoms with Gasteiger partial charge in [0.2, 0.25) is 10.0 Å². The first-order chi connectivity index (χ1) is 7.92. The van der Waals surface area contributed by atoms with Gasteiger partial charge < -0.3 is 4.74 Å². The van der Waals surface area contributed by atoms with Crippen molar-refractivity contribution < 1.29 is 13.2 Å². The lowest BCUT2D eigenvalue weighted by Crippen LogP contribution is -2.44. The van der Waals surface area contributed by atoms with E-state index in [0.717, 1.165) is 5.56 Å². The molecule has 0 atom stereocenters. The Kier molecular flexibility index (Phi) is 3.25. The number of hydrogen-bond donors (Lipinski definition) is 0. The number of ether oxygens (including phenoxy) is 1. The van der Waals surface area contributed by atoms with Gasteiger partial charge in [0.1, 0.15) is 6.73 Å². The Morgan fingerprint density at radius 3 is 2.47 bits per heavy atom. The molecule has 1 aliphatic rings. The monoisotopic (exact) mass is 255 g/mol. The Labute approximate surface area is 102 Å². The van der Waals surface area contributed by atoms with Gasteiger partial charge in [0.15, 0.2) is 0 Å². The van der Waals surface area contributed by atoms with Gasteiger partial charge in [-0.05, 0) is 19.4 Å². The second-order valence-corrected chi connectivity index (χ2v) is 6.77. The first-order valence-electron chi connectivity index (χ1n) is 5.54. The van der Waals surface area contributed by atoms with Crippen LogP contribution < -0.4 is 0 Å². The minimum absolute atomic E-state index is 0.0284. The summed E-state index contributed by atoms with van der Waals surface area (Å²) >= 11 is 0. The molecular weight excluding hydrogens is 238 g/mol. The molecule has 2 rings (SSSR count). The molecule has 4 nitrogen and oxygen atoms in total. The van der Waals surface area contributed by atoms with Gasteiger partial charge in [0.05, 0.1) is 17.9 Å². The van der Waals surface area contributed by atoms with Crippen LogP contribution in [-0.2, 0) is 20.5 Å². The van der Waals surface area contributed by atoms with Crippen molar-refractivity contribution in [1.29, 1.82) is 0 Å². The van der Waals surface area contributed by atoms with E-state index in [9.17, 15) is 8.42 Å². The predicted octanol–water partition coefficient (Wildman–Crippen LogP) is 1.58. The summed E-state index contributed by atoms with van der Waals surface area (Å²) in [6.45, 7) is 4.36. The molecule has 5 heteroatoms. The van der Waals surface area contributed by atoms with Crippen LogP contribution in [0.4, 0.5) is 0 Å². The molecule has 0 bridgehead atoms. The van der Waals surface area contributed by atoms with Gasteiger partial charge >= 0.3 is 0 Å². The topological polar surface area (TPSA) is 46.6 Å². The zero-order valence-electron chi connectivity index (χ0n) is 10.1. The fraction of sp³-hybridized carbons (Fsp3) is 0.500. The predicted molar refractivity (Wildman–Crippen MR) is 65.8 cm³/mol. The lowest BCUT2D eigenvalue weighted by Gasteiger charge is -2.28. The summed E-state index contributed by atoms with van der Waals surface area (Å²) in [4.78, 5) is 0. The summed E-state index contributed by atoms with van der Waals surface area (Å²) in [6, 6.07) is 9.20. The molecule has 0 spiro atoms. The molecule has 0 amide bonds. The molecule has 0 saturated carbocycles. The van der Waals surface area contributed by atoms with E-state index in [1.807, 2.05) is 44.2 Å². The Morgan fingerprint density at radius 1 is 1.29 bits per heavy atom. The number of rotatable bonds is 3. The van der Waals surface area contributed by atoms with Gasteiger partial charge in [-0.2, -0.15) is 4.31 Å². The van der Waals surface area contributed by atoms with E-state index >= 15 is 0 Å². The smallest absolute Gasteiger partial charge is 0.220 e. The molecule has 94 valence electrons. The number of benzene rings is 1. The van der Waals surface area contributed by atoms with Crippen LogP contribution in [0.15, 0.2) is 30.3 Å². The summed E-state index contributed by atoms with van der Waals surface area (Å²) in [6.07, 6.45) is 0. The summed E-state index contributed by atoms with van der Waals surface area (Å²) in [5, 5.41) is 0. The Morgan fingerprint density at radius 2 is 1.94 bits per heavy atom. The van der Waals surface area contributed by atoms with Crippen LogP contribution in [0.2, 0.25) is 0 Å². The summed E-state index contributed by atoms with van der Waals surface area (Å²) in [5.41, 5.74) is 0.350. The van der Waals surface area contributed by atoms with E-state index in [1.54, 1.807) is 0 Å². The summed E-state index contributed by atoms with van der Waals surface area (Å²) in [7, 11) is -3.31. The van der Waals surface area contributed by atoms with Crippen LogP contribution in [0.3, 0.4) is 0 Å². The van der Waals surface area contributed by atoms with Crippen molar-refractivity contribution in [3.05, 3.63) is 35.9 Å². The molecule has 1 aromatic carbocycles. The van der Waals surface area contributed by atoms with Crippen molar-refractivity contribution in [2.45, 2.75) is 25.1 Å². The van der Waals surface area contributed by atoms with Crippen LogP contribution in [0.5, 0.6) is 0 Å². The third-order valence-corrected chi connectivity index (χ3v) is 4.84. The fourth-order valence-electron chi connectivity index (χ4n) is 1.94. The molecule has 0 radical (unpaired) electrons. The van der Waals surface area contributed by atoms with Crippen molar-refractivity contribution in [3.63, 3.8) is 0 Å². The average Bonchev–Trinajstić information content (AvgIpc) is 2.59. The minimum Gasteiger partial charge on any atom is -0.363 e. The summed E-state index contributed by atoms with van der Waals surface area (Å²) < 4.78 is 31.2. The van der Waals surface area contributed by atoms with E-state index in [-0.39, 0.29) is 12.5 Å². The zero-order chi connectivity index (χ0) is 12.5. The molecule has 1 saturated heterocycles. The number of hydrogen-bond acceptors (Lipinski definition) is 3. The molecule has 0 N–H and O–H groups in total. The van der Waals surface area contributed by atoms with Crippen molar-refractivity contribution in [1.82, 2.24) is 4.31 Å². The van der Waals surface area contributed by atoms with Crippen LogP contribution in [0.1, 0.15) is 19.4 Å². The molecule has 0 aliphatic carbocycles. The van der Waals surface area contributed by atoms with E-state index in [4.69, 9.17) is 4.74 Å². The standard InChI is InChI=1S/C12H17NO3S/c1-12(2)9-16-10-13(12)17(14,15)8-11-6-4-3-5-7-11/h3-7H,8-10H2,1-2H3. The van der Waals surface area contributed by atoms with Crippen molar-refractivity contribution in [2.24, 2.45) is 0 Å². The maximum Gasteiger partial charge on any atom is 0.220 e. The second-order valence-electron chi connectivity index (χ2n) is 4.88. The zero-order valence-corrected chi connectivity index (χ0v) is 10.9. The normalized spacial score (nSPS) is 20.6. The largest absolute Gasteiger partial charge is 0.363 e. The van der Waals surface area contributed by atoms with E-state index in [1.165, 1.54) is 4.31 Å². The van der Waals surface area contributed by atoms with Crippen molar-refractivity contribution in [3.8, 4) is 0 Å². The van der Waals surface area contributed by atoms with E-state index in [0.29, 0.717) is 6.61 Å². The third kappa shape index (κ3) is 2.68. The molecule has 1 fully saturated rings. The minimum atomic E-state index is -3.31. The molecule has 0 aromatic heterocycles. The number of sulfonamides is 1. The Hall–Kier alpha value is -0.910. The lowest BCUT2D eigenvalue weighted by atomic mass is 10.1. The highest BCUT2D eigenvalue weighted by Gasteiger charge is 2.41.